The second-order valence-electron chi connectivity index (χ2n) is 6.30. The molecule has 4 aromatic rings. The van der Waals surface area contributed by atoms with Crippen LogP contribution in [0.5, 0.6) is 5.75 Å². The molecule has 0 fully saturated rings. The van der Waals surface area contributed by atoms with E-state index < -0.39 is 0 Å². The lowest BCUT2D eigenvalue weighted by Crippen LogP contribution is -2.10. The van der Waals surface area contributed by atoms with Crippen LogP contribution in [0.1, 0.15) is 11.1 Å². The third-order valence-corrected chi connectivity index (χ3v) is 4.41. The second-order valence-corrected chi connectivity index (χ2v) is 6.30. The predicted molar refractivity (Wildman–Crippen MR) is 104 cm³/mol. The van der Waals surface area contributed by atoms with E-state index in [2.05, 4.69) is 9.97 Å². The molecule has 128 valence electrons. The highest BCUT2D eigenvalue weighted by atomic mass is 16.3. The van der Waals surface area contributed by atoms with Gasteiger partial charge >= 0.3 is 0 Å². The van der Waals surface area contributed by atoms with Gasteiger partial charge in [0, 0.05) is 11.1 Å². The van der Waals surface area contributed by atoms with Gasteiger partial charge in [-0.05, 0) is 36.8 Å². The number of amidine groups is 1. The molecular weight excluding hydrogens is 324 g/mol. The summed E-state index contributed by atoms with van der Waals surface area (Å²) < 4.78 is 0. The number of H-pyrrole nitrogens is 1. The molecule has 4 rings (SSSR count). The van der Waals surface area contributed by atoms with Crippen molar-refractivity contribution in [2.75, 3.05) is 0 Å². The molecule has 1 heterocycles. The van der Waals surface area contributed by atoms with E-state index in [0.29, 0.717) is 17.0 Å². The van der Waals surface area contributed by atoms with E-state index in [1.165, 1.54) is 0 Å². The molecule has 0 aliphatic heterocycles. The molecular formula is C21H18N4O. The molecule has 0 aliphatic rings. The molecule has 0 saturated carbocycles. The molecule has 0 radical (unpaired) electrons. The highest BCUT2D eigenvalue weighted by Gasteiger charge is 2.14. The van der Waals surface area contributed by atoms with Crippen LogP contribution in [0.3, 0.4) is 0 Å². The van der Waals surface area contributed by atoms with Gasteiger partial charge in [-0.15, -0.1) is 0 Å². The topological polar surface area (TPSA) is 98.8 Å². The Morgan fingerprint density at radius 2 is 1.81 bits per heavy atom. The van der Waals surface area contributed by atoms with Crippen LogP contribution in [0.2, 0.25) is 0 Å². The number of aryl methyl sites for hydroxylation is 1. The van der Waals surface area contributed by atoms with E-state index in [4.69, 9.17) is 11.1 Å². The number of imidazole rings is 1. The quantitative estimate of drug-likeness (QED) is 0.332. The fourth-order valence-corrected chi connectivity index (χ4v) is 3.08. The summed E-state index contributed by atoms with van der Waals surface area (Å²) in [4.78, 5) is 7.78. The maximum absolute atomic E-state index is 10.8. The van der Waals surface area contributed by atoms with Crippen LogP contribution in [-0.2, 0) is 0 Å². The number of aromatic hydroxyl groups is 1. The van der Waals surface area contributed by atoms with Crippen molar-refractivity contribution in [1.29, 1.82) is 5.41 Å². The number of fused-ring (bicyclic) bond motifs is 1. The number of phenolic OH excluding ortho intramolecular Hbond substituents is 1. The number of nitrogens with two attached hydrogens (primary N) is 1. The van der Waals surface area contributed by atoms with Crippen LogP contribution in [0, 0.1) is 12.3 Å². The largest absolute Gasteiger partial charge is 0.507 e. The average Bonchev–Trinajstić information content (AvgIpc) is 3.04. The van der Waals surface area contributed by atoms with Crippen molar-refractivity contribution in [3.63, 3.8) is 0 Å². The minimum Gasteiger partial charge on any atom is -0.507 e. The Bertz CT molecular complexity index is 1140. The van der Waals surface area contributed by atoms with E-state index in [-0.39, 0.29) is 11.6 Å². The monoisotopic (exact) mass is 342 g/mol. The van der Waals surface area contributed by atoms with Crippen molar-refractivity contribution in [1.82, 2.24) is 9.97 Å². The molecule has 5 nitrogen and oxygen atoms in total. The van der Waals surface area contributed by atoms with Crippen LogP contribution >= 0.6 is 0 Å². The van der Waals surface area contributed by atoms with E-state index in [1.54, 1.807) is 12.1 Å². The first-order valence-corrected chi connectivity index (χ1v) is 8.26. The van der Waals surface area contributed by atoms with Crippen LogP contribution in [0.4, 0.5) is 0 Å². The van der Waals surface area contributed by atoms with Gasteiger partial charge in [-0.2, -0.15) is 0 Å². The van der Waals surface area contributed by atoms with E-state index in [0.717, 1.165) is 27.7 Å². The molecule has 5 heteroatoms. The third kappa shape index (κ3) is 2.69. The minimum atomic E-state index is 0.00680. The second kappa shape index (κ2) is 6.04. The number of hydrogen-bond acceptors (Lipinski definition) is 3. The van der Waals surface area contributed by atoms with Crippen molar-refractivity contribution in [2.45, 2.75) is 6.92 Å². The first-order chi connectivity index (χ1) is 12.5. The summed E-state index contributed by atoms with van der Waals surface area (Å²) in [7, 11) is 0. The maximum Gasteiger partial charge on any atom is 0.142 e. The van der Waals surface area contributed by atoms with E-state index in [1.807, 2.05) is 55.5 Å². The predicted octanol–water partition coefficient (Wildman–Crippen LogP) is 4.19. The fraction of sp³-hybridized carbons (Fsp3) is 0.0476. The van der Waals surface area contributed by atoms with Crippen molar-refractivity contribution >= 4 is 16.9 Å². The smallest absolute Gasteiger partial charge is 0.142 e. The zero-order valence-electron chi connectivity index (χ0n) is 14.2. The SMILES string of the molecule is Cc1cccc(-c2cccc(-c3nc4ccc(C(=N)N)cc4[nH]3)c2O)c1. The minimum absolute atomic E-state index is 0.00680. The summed E-state index contributed by atoms with van der Waals surface area (Å²) in [6.45, 7) is 2.02. The highest BCUT2D eigenvalue weighted by Crippen LogP contribution is 2.37. The van der Waals surface area contributed by atoms with Gasteiger partial charge in [0.2, 0.25) is 0 Å². The Kier molecular flexibility index (Phi) is 3.69. The first kappa shape index (κ1) is 15.9. The number of aromatic amines is 1. The third-order valence-electron chi connectivity index (χ3n) is 4.41. The number of nitrogens with zero attached hydrogens (tertiary/aromatic N) is 1. The average molecular weight is 342 g/mol. The van der Waals surface area contributed by atoms with Crippen LogP contribution < -0.4 is 5.73 Å². The molecule has 0 atom stereocenters. The summed E-state index contributed by atoms with van der Waals surface area (Å²) in [6, 6.07) is 19.0. The summed E-state index contributed by atoms with van der Waals surface area (Å²) in [6.07, 6.45) is 0. The highest BCUT2D eigenvalue weighted by molar-refractivity contribution is 5.98. The van der Waals surface area contributed by atoms with Gasteiger partial charge < -0.3 is 15.8 Å². The van der Waals surface area contributed by atoms with Crippen molar-refractivity contribution < 1.29 is 5.11 Å². The lowest BCUT2D eigenvalue weighted by atomic mass is 10.00. The number of phenols is 1. The Labute approximate surface area is 150 Å². The maximum atomic E-state index is 10.8. The number of nitrogen functional groups attached to an aromatic ring is 1. The molecule has 1 aromatic heterocycles. The van der Waals surface area contributed by atoms with Crippen LogP contribution in [-0.4, -0.2) is 20.9 Å². The van der Waals surface area contributed by atoms with Crippen molar-refractivity contribution in [2.24, 2.45) is 5.73 Å². The fourth-order valence-electron chi connectivity index (χ4n) is 3.08. The number of benzene rings is 3. The molecule has 5 N–H and O–H groups in total. The molecule has 0 unspecified atom stereocenters. The normalized spacial score (nSPS) is 11.0. The number of aromatic nitrogens is 2. The van der Waals surface area contributed by atoms with Gasteiger partial charge in [0.25, 0.3) is 0 Å². The number of para-hydroxylation sites is 1. The molecule has 0 amide bonds. The van der Waals surface area contributed by atoms with Gasteiger partial charge in [-0.3, -0.25) is 5.41 Å². The first-order valence-electron chi connectivity index (χ1n) is 8.26. The summed E-state index contributed by atoms with van der Waals surface area (Å²) in [5.41, 5.74) is 11.2. The van der Waals surface area contributed by atoms with Crippen LogP contribution in [0.25, 0.3) is 33.5 Å². The number of nitrogens with one attached hydrogen (secondary N) is 2. The van der Waals surface area contributed by atoms with E-state index in [9.17, 15) is 5.11 Å². The number of hydrogen-bond donors (Lipinski definition) is 4. The zero-order chi connectivity index (χ0) is 18.3. The van der Waals surface area contributed by atoms with Gasteiger partial charge in [-0.25, -0.2) is 4.98 Å². The van der Waals surface area contributed by atoms with Gasteiger partial charge in [-0.1, -0.05) is 42.0 Å². The summed E-state index contributed by atoms with van der Waals surface area (Å²) >= 11 is 0. The Morgan fingerprint density at radius 3 is 2.58 bits per heavy atom. The lowest BCUT2D eigenvalue weighted by molar-refractivity contribution is 0.479. The Morgan fingerprint density at radius 1 is 1.04 bits per heavy atom. The zero-order valence-corrected chi connectivity index (χ0v) is 14.2. The van der Waals surface area contributed by atoms with Gasteiger partial charge in [0.15, 0.2) is 0 Å². The van der Waals surface area contributed by atoms with Gasteiger partial charge in [0.05, 0.1) is 16.6 Å². The Balaban J connectivity index is 1.84. The summed E-state index contributed by atoms with van der Waals surface area (Å²) in [5.74, 6) is 0.768. The molecule has 0 bridgehead atoms. The van der Waals surface area contributed by atoms with E-state index >= 15 is 0 Å². The number of rotatable bonds is 3. The van der Waals surface area contributed by atoms with Crippen molar-refractivity contribution in [3.05, 3.63) is 71.8 Å². The summed E-state index contributed by atoms with van der Waals surface area (Å²) in [5, 5.41) is 18.4. The molecule has 0 spiro atoms. The molecule has 0 saturated heterocycles. The Hall–Kier alpha value is -3.60. The molecule has 3 aromatic carbocycles. The molecule has 26 heavy (non-hydrogen) atoms. The standard InChI is InChI=1S/C21H18N4O/c1-12-4-2-5-13(10-12)15-6-3-7-16(19(15)26)21-24-17-9-8-14(20(22)23)11-18(17)25-21/h2-11,26H,1H3,(H3,22,23)(H,24,25). The lowest BCUT2D eigenvalue weighted by Gasteiger charge is -2.09. The molecule has 0 aliphatic carbocycles. The van der Waals surface area contributed by atoms with Crippen molar-refractivity contribution in [3.8, 4) is 28.3 Å². The van der Waals surface area contributed by atoms with Gasteiger partial charge in [0.1, 0.15) is 17.4 Å². The van der Waals surface area contributed by atoms with Crippen LogP contribution in [0.15, 0.2) is 60.7 Å².